The maximum Gasteiger partial charge on any atom is 0.339 e. The molecule has 2 aromatic rings. The van der Waals surface area contributed by atoms with Crippen LogP contribution in [0.4, 0.5) is 0 Å². The number of hydrogen-bond donors (Lipinski definition) is 1. The van der Waals surface area contributed by atoms with Gasteiger partial charge in [0, 0.05) is 5.56 Å². The lowest BCUT2D eigenvalue weighted by Gasteiger charge is -2.11. The fourth-order valence-corrected chi connectivity index (χ4v) is 2.13. The zero-order valence-electron chi connectivity index (χ0n) is 10.7. The molecule has 0 aliphatic heterocycles. The Hall–Kier alpha value is -1.71. The van der Waals surface area contributed by atoms with E-state index in [4.69, 9.17) is 33.0 Å². The van der Waals surface area contributed by atoms with E-state index in [9.17, 15) is 4.79 Å². The van der Waals surface area contributed by atoms with Crippen molar-refractivity contribution < 1.29 is 14.6 Å². The zero-order chi connectivity index (χ0) is 14.7. The largest absolute Gasteiger partial charge is 0.488 e. The van der Waals surface area contributed by atoms with Gasteiger partial charge in [-0.2, -0.15) is 0 Å². The van der Waals surface area contributed by atoms with E-state index in [1.807, 2.05) is 6.92 Å². The molecule has 0 atom stereocenters. The monoisotopic (exact) mass is 310 g/mol. The van der Waals surface area contributed by atoms with Gasteiger partial charge in [-0.05, 0) is 25.1 Å². The molecule has 0 saturated carbocycles. The van der Waals surface area contributed by atoms with Crippen molar-refractivity contribution in [2.45, 2.75) is 13.5 Å². The van der Waals surface area contributed by atoms with E-state index in [0.29, 0.717) is 21.4 Å². The number of benzene rings is 2. The highest BCUT2D eigenvalue weighted by Gasteiger charge is 2.12. The molecule has 0 aliphatic carbocycles. The SMILES string of the molecule is Cc1ccc(OCc2cccc(Cl)c2Cl)c(C(=O)O)c1. The quantitative estimate of drug-likeness (QED) is 0.899. The average Bonchev–Trinajstić information content (AvgIpc) is 2.41. The lowest BCUT2D eigenvalue weighted by molar-refractivity contribution is 0.0691. The number of ether oxygens (including phenoxy) is 1. The van der Waals surface area contributed by atoms with E-state index < -0.39 is 5.97 Å². The summed E-state index contributed by atoms with van der Waals surface area (Å²) in [6, 6.07) is 10.2. The number of rotatable bonds is 4. The summed E-state index contributed by atoms with van der Waals surface area (Å²) >= 11 is 12.0. The Labute approximate surface area is 126 Å². The van der Waals surface area contributed by atoms with Gasteiger partial charge in [0.1, 0.15) is 17.9 Å². The highest BCUT2D eigenvalue weighted by molar-refractivity contribution is 6.42. The van der Waals surface area contributed by atoms with Gasteiger partial charge in [0.25, 0.3) is 0 Å². The summed E-state index contributed by atoms with van der Waals surface area (Å²) in [5.41, 5.74) is 1.69. The molecular formula is C15H12Cl2O3. The molecule has 0 unspecified atom stereocenters. The van der Waals surface area contributed by atoms with Crippen molar-refractivity contribution in [2.75, 3.05) is 0 Å². The van der Waals surface area contributed by atoms with Gasteiger partial charge in [0.15, 0.2) is 0 Å². The number of halogens is 2. The van der Waals surface area contributed by atoms with E-state index in [2.05, 4.69) is 0 Å². The van der Waals surface area contributed by atoms with E-state index >= 15 is 0 Å². The van der Waals surface area contributed by atoms with Crippen molar-refractivity contribution in [3.63, 3.8) is 0 Å². The summed E-state index contributed by atoms with van der Waals surface area (Å²) < 4.78 is 5.55. The summed E-state index contributed by atoms with van der Waals surface area (Å²) in [5, 5.41) is 10.0. The first-order chi connectivity index (χ1) is 9.49. The first-order valence-electron chi connectivity index (χ1n) is 5.88. The van der Waals surface area contributed by atoms with Crippen LogP contribution in [-0.2, 0) is 6.61 Å². The van der Waals surface area contributed by atoms with Crippen molar-refractivity contribution in [3.05, 3.63) is 63.1 Å². The van der Waals surface area contributed by atoms with Crippen LogP contribution < -0.4 is 4.74 Å². The Morgan fingerprint density at radius 3 is 2.70 bits per heavy atom. The maximum atomic E-state index is 11.2. The van der Waals surface area contributed by atoms with Crippen LogP contribution in [0.2, 0.25) is 10.0 Å². The van der Waals surface area contributed by atoms with Crippen LogP contribution in [0.1, 0.15) is 21.5 Å². The molecule has 0 heterocycles. The smallest absolute Gasteiger partial charge is 0.339 e. The van der Waals surface area contributed by atoms with Gasteiger partial charge in [-0.15, -0.1) is 0 Å². The van der Waals surface area contributed by atoms with E-state index in [-0.39, 0.29) is 12.2 Å². The van der Waals surface area contributed by atoms with Crippen molar-refractivity contribution in [1.82, 2.24) is 0 Å². The third-order valence-electron chi connectivity index (χ3n) is 2.78. The fraction of sp³-hybridized carbons (Fsp3) is 0.133. The molecule has 0 amide bonds. The van der Waals surface area contributed by atoms with E-state index in [1.165, 1.54) is 0 Å². The van der Waals surface area contributed by atoms with Crippen LogP contribution in [0, 0.1) is 6.92 Å². The van der Waals surface area contributed by atoms with Crippen LogP contribution in [0.25, 0.3) is 0 Å². The third-order valence-corrected chi connectivity index (χ3v) is 3.64. The number of carbonyl (C=O) groups is 1. The summed E-state index contributed by atoms with van der Waals surface area (Å²) in [6.45, 7) is 1.98. The molecular weight excluding hydrogens is 299 g/mol. The maximum absolute atomic E-state index is 11.2. The summed E-state index contributed by atoms with van der Waals surface area (Å²) in [7, 11) is 0. The zero-order valence-corrected chi connectivity index (χ0v) is 12.2. The normalized spacial score (nSPS) is 10.3. The molecule has 0 aliphatic rings. The lowest BCUT2D eigenvalue weighted by atomic mass is 10.1. The predicted octanol–water partition coefficient (Wildman–Crippen LogP) is 4.58. The van der Waals surface area contributed by atoms with Crippen LogP contribution in [0.3, 0.4) is 0 Å². The second kappa shape index (κ2) is 6.16. The van der Waals surface area contributed by atoms with Gasteiger partial charge in [0.2, 0.25) is 0 Å². The molecule has 104 valence electrons. The van der Waals surface area contributed by atoms with E-state index in [1.54, 1.807) is 36.4 Å². The van der Waals surface area contributed by atoms with Crippen LogP contribution in [0.5, 0.6) is 5.75 Å². The number of aromatic carboxylic acids is 1. The summed E-state index contributed by atoms with van der Waals surface area (Å²) in [4.78, 5) is 11.2. The Bertz CT molecular complexity index is 654. The van der Waals surface area contributed by atoms with Crippen molar-refractivity contribution >= 4 is 29.2 Å². The van der Waals surface area contributed by atoms with Crippen molar-refractivity contribution in [1.29, 1.82) is 0 Å². The minimum absolute atomic E-state index is 0.128. The standard InChI is InChI=1S/C15H12Cl2O3/c1-9-5-6-13(11(7-9)15(18)19)20-8-10-3-2-4-12(16)14(10)17/h2-7H,8H2,1H3,(H,18,19). The van der Waals surface area contributed by atoms with Crippen LogP contribution in [-0.4, -0.2) is 11.1 Å². The van der Waals surface area contributed by atoms with Gasteiger partial charge in [-0.25, -0.2) is 4.79 Å². The third kappa shape index (κ3) is 3.24. The van der Waals surface area contributed by atoms with Gasteiger partial charge >= 0.3 is 5.97 Å². The topological polar surface area (TPSA) is 46.5 Å². The molecule has 20 heavy (non-hydrogen) atoms. The van der Waals surface area contributed by atoms with Crippen molar-refractivity contribution in [2.24, 2.45) is 0 Å². The Morgan fingerprint density at radius 1 is 1.25 bits per heavy atom. The van der Waals surface area contributed by atoms with Crippen molar-refractivity contribution in [3.8, 4) is 5.75 Å². The first kappa shape index (κ1) is 14.7. The summed E-state index contributed by atoms with van der Waals surface area (Å²) in [5.74, 6) is -0.722. The Morgan fingerprint density at radius 2 is 2.00 bits per heavy atom. The van der Waals surface area contributed by atoms with Gasteiger partial charge in [-0.3, -0.25) is 0 Å². The molecule has 2 aromatic carbocycles. The predicted molar refractivity (Wildman–Crippen MR) is 78.9 cm³/mol. The Kier molecular flexibility index (Phi) is 4.53. The molecule has 1 N–H and O–H groups in total. The number of hydrogen-bond acceptors (Lipinski definition) is 2. The molecule has 0 spiro atoms. The molecule has 0 fully saturated rings. The van der Waals surface area contributed by atoms with Gasteiger partial charge in [0.05, 0.1) is 10.0 Å². The molecule has 0 aromatic heterocycles. The highest BCUT2D eigenvalue weighted by atomic mass is 35.5. The molecule has 0 radical (unpaired) electrons. The second-order valence-corrected chi connectivity index (χ2v) is 5.09. The minimum atomic E-state index is -1.03. The lowest BCUT2D eigenvalue weighted by Crippen LogP contribution is -2.04. The average molecular weight is 311 g/mol. The minimum Gasteiger partial charge on any atom is -0.488 e. The Balaban J connectivity index is 2.23. The number of carboxylic acids is 1. The number of aryl methyl sites for hydroxylation is 1. The van der Waals surface area contributed by atoms with Gasteiger partial charge in [-0.1, -0.05) is 47.0 Å². The molecule has 0 saturated heterocycles. The van der Waals surface area contributed by atoms with Gasteiger partial charge < -0.3 is 9.84 Å². The van der Waals surface area contributed by atoms with E-state index in [0.717, 1.165) is 5.56 Å². The molecule has 5 heteroatoms. The molecule has 3 nitrogen and oxygen atoms in total. The first-order valence-corrected chi connectivity index (χ1v) is 6.64. The molecule has 2 rings (SSSR count). The summed E-state index contributed by atoms with van der Waals surface area (Å²) in [6.07, 6.45) is 0. The number of carboxylic acid groups (broad SMARTS) is 1. The highest BCUT2D eigenvalue weighted by Crippen LogP contribution is 2.27. The fourth-order valence-electron chi connectivity index (χ4n) is 1.75. The molecule has 0 bridgehead atoms. The van der Waals surface area contributed by atoms with Crippen LogP contribution in [0.15, 0.2) is 36.4 Å². The van der Waals surface area contributed by atoms with Crippen LogP contribution >= 0.6 is 23.2 Å². The second-order valence-electron chi connectivity index (χ2n) is 4.31.